The fourth-order valence-electron chi connectivity index (χ4n) is 14.5. The van der Waals surface area contributed by atoms with Crippen molar-refractivity contribution >= 4 is 11.9 Å². The van der Waals surface area contributed by atoms with E-state index in [0.29, 0.717) is 32.1 Å². The van der Waals surface area contributed by atoms with E-state index >= 15 is 0 Å². The second-order valence-corrected chi connectivity index (χ2v) is 22.2. The van der Waals surface area contributed by atoms with Crippen molar-refractivity contribution in [2.24, 2.45) is 44.8 Å². The smallest absolute Gasteiger partial charge is 0.315 e. The Kier molecular flexibility index (Phi) is 13.9. The Labute approximate surface area is 386 Å². The molecule has 5 aliphatic carbocycles. The standard InChI is InChI=1S/C48H74O18/c1-22-10-15-48(43(59)66-42-37(57)34(54)32(52)27(19-49)62-42)17-16-46(6)24(25(48)18-22)8-9-30-45(5)13-12-31(44(3,4)29(45)11-14-47(30,46)7)64-40-38(58)39(26(51)20-61-40)65-41-36(56)35(55)33(53)28(63-41)21-60-23(2)50/h8,25-42,49,51-58H,1,9-21H2,2-7H3/t25-,26-,27+,28+,29-,30+,31-,32+,33+,34-,35-,36+,37+,38+,39-,40-,41-,42-,45-,46+,47+,48-/m0/s1. The van der Waals surface area contributed by atoms with E-state index in [-0.39, 0.29) is 46.7 Å². The van der Waals surface area contributed by atoms with Gasteiger partial charge >= 0.3 is 11.9 Å². The topological polar surface area (TPSA) is 281 Å². The Morgan fingerprint density at radius 3 is 2.11 bits per heavy atom. The first-order valence-electron chi connectivity index (χ1n) is 24.0. The summed E-state index contributed by atoms with van der Waals surface area (Å²) < 4.78 is 40.7. The van der Waals surface area contributed by atoms with E-state index in [1.54, 1.807) is 0 Å². The number of carbonyl (C=O) groups excluding carboxylic acids is 2. The molecule has 18 heteroatoms. The molecule has 8 rings (SSSR count). The van der Waals surface area contributed by atoms with Crippen LogP contribution in [-0.2, 0) is 42.7 Å². The third-order valence-corrected chi connectivity index (χ3v) is 18.6. The quantitative estimate of drug-likeness (QED) is 0.0882. The summed E-state index contributed by atoms with van der Waals surface area (Å²) in [6.07, 6.45) is -11.9. The van der Waals surface area contributed by atoms with Crippen LogP contribution >= 0.6 is 0 Å². The minimum absolute atomic E-state index is 0.121. The van der Waals surface area contributed by atoms with Crippen molar-refractivity contribution in [3.63, 3.8) is 0 Å². The Balaban J connectivity index is 0.982. The van der Waals surface area contributed by atoms with Gasteiger partial charge in [0.15, 0.2) is 12.6 Å². The maximum Gasteiger partial charge on any atom is 0.315 e. The second-order valence-electron chi connectivity index (χ2n) is 22.2. The molecule has 0 bridgehead atoms. The van der Waals surface area contributed by atoms with Gasteiger partial charge in [-0.25, -0.2) is 0 Å². The van der Waals surface area contributed by atoms with Crippen molar-refractivity contribution in [3.05, 3.63) is 23.8 Å². The van der Waals surface area contributed by atoms with Gasteiger partial charge in [-0.05, 0) is 97.7 Å². The molecule has 3 aliphatic heterocycles. The van der Waals surface area contributed by atoms with Crippen molar-refractivity contribution in [2.75, 3.05) is 19.8 Å². The maximum atomic E-state index is 14.5. The number of aliphatic hydroxyl groups is 9. The number of rotatable bonds is 9. The van der Waals surface area contributed by atoms with E-state index in [4.69, 9.17) is 33.2 Å². The van der Waals surface area contributed by atoms with Gasteiger partial charge in [-0.3, -0.25) is 9.59 Å². The van der Waals surface area contributed by atoms with Crippen LogP contribution in [0.5, 0.6) is 0 Å². The van der Waals surface area contributed by atoms with Gasteiger partial charge in [-0.2, -0.15) is 0 Å². The first kappa shape index (κ1) is 50.3. The fraction of sp³-hybridized carbons (Fsp3) is 0.875. The zero-order valence-electron chi connectivity index (χ0n) is 39.1. The van der Waals surface area contributed by atoms with Gasteiger partial charge < -0.3 is 79.1 Å². The van der Waals surface area contributed by atoms with Crippen LogP contribution in [0.15, 0.2) is 23.8 Å². The molecule has 374 valence electrons. The van der Waals surface area contributed by atoms with E-state index in [1.165, 1.54) is 12.5 Å². The molecule has 4 saturated carbocycles. The molecule has 3 heterocycles. The van der Waals surface area contributed by atoms with Crippen molar-refractivity contribution in [1.82, 2.24) is 0 Å². The summed E-state index contributed by atoms with van der Waals surface area (Å²) in [6, 6.07) is 0. The van der Waals surface area contributed by atoms with Crippen molar-refractivity contribution in [1.29, 1.82) is 0 Å². The Morgan fingerprint density at radius 2 is 1.42 bits per heavy atom. The first-order chi connectivity index (χ1) is 30.9. The van der Waals surface area contributed by atoms with Crippen LogP contribution in [0, 0.1) is 44.8 Å². The molecule has 0 unspecified atom stereocenters. The van der Waals surface area contributed by atoms with Gasteiger partial charge in [-0.1, -0.05) is 58.4 Å². The predicted molar refractivity (Wildman–Crippen MR) is 229 cm³/mol. The lowest BCUT2D eigenvalue weighted by Crippen LogP contribution is -2.66. The van der Waals surface area contributed by atoms with Crippen LogP contribution < -0.4 is 0 Å². The zero-order chi connectivity index (χ0) is 48.1. The molecular formula is C48H74O18. The van der Waals surface area contributed by atoms with Gasteiger partial charge in [0.2, 0.25) is 6.29 Å². The average molecular weight is 939 g/mol. The molecule has 18 nitrogen and oxygen atoms in total. The highest BCUT2D eigenvalue weighted by Gasteiger charge is 2.69. The normalized spacial score (nSPS) is 51.3. The lowest BCUT2D eigenvalue weighted by Gasteiger charge is -2.71. The Morgan fingerprint density at radius 1 is 0.758 bits per heavy atom. The summed E-state index contributed by atoms with van der Waals surface area (Å²) in [7, 11) is 0. The van der Waals surface area contributed by atoms with Gasteiger partial charge in [0.25, 0.3) is 0 Å². The maximum absolute atomic E-state index is 14.5. The van der Waals surface area contributed by atoms with Crippen molar-refractivity contribution in [2.45, 2.75) is 198 Å². The van der Waals surface area contributed by atoms with Gasteiger partial charge in [0.05, 0.1) is 24.7 Å². The number of esters is 2. The molecule has 7 fully saturated rings. The average Bonchev–Trinajstić information content (AvgIpc) is 3.26. The number of ether oxygens (including phenoxy) is 7. The molecule has 66 heavy (non-hydrogen) atoms. The number of aliphatic hydroxyl groups excluding tert-OH is 9. The van der Waals surface area contributed by atoms with E-state index in [9.17, 15) is 55.5 Å². The molecule has 8 aliphatic rings. The van der Waals surface area contributed by atoms with Crippen LogP contribution in [0.3, 0.4) is 0 Å². The molecule has 22 atom stereocenters. The largest absolute Gasteiger partial charge is 0.463 e. The molecule has 0 spiro atoms. The molecule has 0 radical (unpaired) electrons. The third kappa shape index (κ3) is 8.04. The number of hydrogen-bond donors (Lipinski definition) is 9. The molecule has 0 aromatic carbocycles. The summed E-state index contributed by atoms with van der Waals surface area (Å²) in [6.45, 7) is 15.9. The highest BCUT2D eigenvalue weighted by molar-refractivity contribution is 5.79. The van der Waals surface area contributed by atoms with Gasteiger partial charge in [-0.15, -0.1) is 0 Å². The summed E-state index contributed by atoms with van der Waals surface area (Å²) in [5.41, 5.74) is 0.456. The SMILES string of the molecule is C=C1CC[C@]2(C(=O)O[C@@H]3O[C@H](CO)[C@@H](O)[C@H](O)[C@H]3O)CC[C@]3(C)C(=CC[C@@H]4[C@@]5(C)CC[C@H](O[C@@H]6OC[C@H](O)[C@H](O[C@@H]7O[C@H](COC(C)=O)[C@@H](O)[C@H](O)[C@H]7O)[C@H]6O)C(C)(C)[C@@H]5CC[C@]43C)[C@@H]2C1. The van der Waals surface area contributed by atoms with E-state index in [1.807, 2.05) is 0 Å². The number of hydrogen-bond acceptors (Lipinski definition) is 18. The van der Waals surface area contributed by atoms with Crippen molar-refractivity contribution in [3.8, 4) is 0 Å². The molecule has 9 N–H and O–H groups in total. The zero-order valence-corrected chi connectivity index (χ0v) is 39.1. The predicted octanol–water partition coefficient (Wildman–Crippen LogP) is 0.880. The lowest BCUT2D eigenvalue weighted by atomic mass is 9.34. The molecule has 0 amide bonds. The summed E-state index contributed by atoms with van der Waals surface area (Å²) in [4.78, 5) is 26.0. The van der Waals surface area contributed by atoms with Gasteiger partial charge in [0, 0.05) is 12.8 Å². The Hall–Kier alpha value is -2.14. The van der Waals surface area contributed by atoms with Crippen LogP contribution in [0.2, 0.25) is 0 Å². The molecule has 0 aromatic heterocycles. The highest BCUT2D eigenvalue weighted by Crippen LogP contribution is 2.75. The van der Waals surface area contributed by atoms with E-state index in [2.05, 4.69) is 47.3 Å². The van der Waals surface area contributed by atoms with Crippen molar-refractivity contribution < 1.29 is 88.7 Å². The first-order valence-corrected chi connectivity index (χ1v) is 24.0. The van der Waals surface area contributed by atoms with Crippen LogP contribution in [0.4, 0.5) is 0 Å². The van der Waals surface area contributed by atoms with Crippen LogP contribution in [0.1, 0.15) is 106 Å². The minimum atomic E-state index is -1.75. The third-order valence-electron chi connectivity index (χ3n) is 18.6. The fourth-order valence-corrected chi connectivity index (χ4v) is 14.5. The lowest BCUT2D eigenvalue weighted by molar-refractivity contribution is -0.357. The summed E-state index contributed by atoms with van der Waals surface area (Å²) in [5, 5.41) is 95.7. The molecular weight excluding hydrogens is 865 g/mol. The number of carbonyl (C=O) groups is 2. The van der Waals surface area contributed by atoms with Crippen LogP contribution in [-0.4, -0.2) is 170 Å². The monoisotopic (exact) mass is 938 g/mol. The highest BCUT2D eigenvalue weighted by atomic mass is 16.7. The van der Waals surface area contributed by atoms with Gasteiger partial charge in [0.1, 0.15) is 73.8 Å². The Bertz CT molecular complexity index is 1860. The summed E-state index contributed by atoms with van der Waals surface area (Å²) >= 11 is 0. The minimum Gasteiger partial charge on any atom is -0.463 e. The number of allylic oxidation sites excluding steroid dienone is 3. The van der Waals surface area contributed by atoms with E-state index < -0.39 is 122 Å². The van der Waals surface area contributed by atoms with Crippen LogP contribution in [0.25, 0.3) is 0 Å². The molecule has 0 aromatic rings. The van der Waals surface area contributed by atoms with E-state index in [0.717, 1.165) is 37.7 Å². The summed E-state index contributed by atoms with van der Waals surface area (Å²) in [5.74, 6) is -0.868. The molecule has 3 saturated heterocycles. The number of fused-ring (bicyclic) bond motifs is 7. The second kappa shape index (κ2) is 18.2.